The van der Waals surface area contributed by atoms with Crippen LogP contribution in [0.2, 0.25) is 0 Å². The number of aromatic nitrogens is 5. The number of hydrogen-bond acceptors (Lipinski definition) is 7. The van der Waals surface area contributed by atoms with E-state index in [1.807, 2.05) is 24.3 Å². The van der Waals surface area contributed by atoms with Crippen LogP contribution >= 0.6 is 0 Å². The second-order valence-electron chi connectivity index (χ2n) is 9.92. The molecule has 0 atom stereocenters. The molecule has 1 aromatic carbocycles. The van der Waals surface area contributed by atoms with Crippen LogP contribution in [-0.2, 0) is 21.2 Å². The summed E-state index contributed by atoms with van der Waals surface area (Å²) in [6.45, 7) is 5.64. The molecule has 4 aromatic heterocycles. The summed E-state index contributed by atoms with van der Waals surface area (Å²) in [5, 5.41) is 9.23. The summed E-state index contributed by atoms with van der Waals surface area (Å²) >= 11 is 0. The fourth-order valence-corrected chi connectivity index (χ4v) is 5.79. The summed E-state index contributed by atoms with van der Waals surface area (Å²) in [5.74, 6) is 0. The van der Waals surface area contributed by atoms with Crippen LogP contribution in [0.5, 0.6) is 0 Å². The molecule has 0 aliphatic heterocycles. The van der Waals surface area contributed by atoms with E-state index in [0.29, 0.717) is 16.7 Å². The third-order valence-electron chi connectivity index (χ3n) is 6.02. The van der Waals surface area contributed by atoms with Crippen molar-refractivity contribution in [2.75, 3.05) is 13.6 Å². The number of carbonyl (C=O) groups excluding carboxylic acids is 1. The molecule has 38 heavy (non-hydrogen) atoms. The first-order valence-electron chi connectivity index (χ1n) is 12.1. The average Bonchev–Trinajstić information content (AvgIpc) is 3.48. The fraction of sp³-hybridized carbons (Fsp3) is 0.259. The Labute approximate surface area is 220 Å². The van der Waals surface area contributed by atoms with Crippen LogP contribution in [0, 0.1) is 0 Å². The van der Waals surface area contributed by atoms with Gasteiger partial charge in [0.1, 0.15) is 5.60 Å². The quantitative estimate of drug-likeness (QED) is 0.319. The van der Waals surface area contributed by atoms with Gasteiger partial charge in [-0.15, -0.1) is 0 Å². The number of likely N-dealkylation sites (N-methyl/N-ethyl adjacent to an activating group) is 1. The molecule has 0 bridgehead atoms. The molecule has 4 heterocycles. The van der Waals surface area contributed by atoms with Crippen LogP contribution < -0.4 is 0 Å². The maximum Gasteiger partial charge on any atom is 0.410 e. The lowest BCUT2D eigenvalue weighted by molar-refractivity contribution is 0.0300. The van der Waals surface area contributed by atoms with Crippen molar-refractivity contribution >= 4 is 32.7 Å². The van der Waals surface area contributed by atoms with Crippen LogP contribution in [-0.4, -0.2) is 62.4 Å². The Kier molecular flexibility index (Phi) is 6.39. The fourth-order valence-electron chi connectivity index (χ4n) is 4.26. The monoisotopic (exact) mass is 532 g/mol. The molecule has 1 amide bonds. The highest BCUT2D eigenvalue weighted by Crippen LogP contribution is 2.34. The van der Waals surface area contributed by atoms with Crippen molar-refractivity contribution in [3.05, 3.63) is 78.9 Å². The van der Waals surface area contributed by atoms with Gasteiger partial charge in [-0.1, -0.05) is 18.2 Å². The number of carbonyl (C=O) groups is 1. The van der Waals surface area contributed by atoms with Crippen LogP contribution in [0.15, 0.2) is 78.1 Å². The summed E-state index contributed by atoms with van der Waals surface area (Å²) in [6, 6.07) is 15.6. The van der Waals surface area contributed by atoms with E-state index in [2.05, 4.69) is 15.2 Å². The van der Waals surface area contributed by atoms with E-state index < -0.39 is 21.7 Å². The molecule has 0 saturated heterocycles. The zero-order chi connectivity index (χ0) is 27.1. The van der Waals surface area contributed by atoms with E-state index in [9.17, 15) is 13.2 Å². The van der Waals surface area contributed by atoms with Crippen molar-refractivity contribution < 1.29 is 17.9 Å². The van der Waals surface area contributed by atoms with Crippen molar-refractivity contribution in [3.8, 4) is 11.1 Å². The van der Waals surface area contributed by atoms with E-state index in [4.69, 9.17) is 4.74 Å². The predicted octanol–water partition coefficient (Wildman–Crippen LogP) is 4.39. The highest BCUT2D eigenvalue weighted by molar-refractivity contribution is 7.90. The Hall–Kier alpha value is -4.25. The normalized spacial score (nSPS) is 12.2. The van der Waals surface area contributed by atoms with Gasteiger partial charge in [0.05, 0.1) is 16.6 Å². The van der Waals surface area contributed by atoms with Crippen molar-refractivity contribution in [1.29, 1.82) is 0 Å². The smallest absolute Gasteiger partial charge is 0.410 e. The Morgan fingerprint density at radius 2 is 1.76 bits per heavy atom. The van der Waals surface area contributed by atoms with Crippen molar-refractivity contribution in [1.82, 2.24) is 28.7 Å². The summed E-state index contributed by atoms with van der Waals surface area (Å²) in [6.07, 6.45) is 4.72. The first-order chi connectivity index (χ1) is 18.1. The first kappa shape index (κ1) is 25.4. The lowest BCUT2D eigenvalue weighted by Gasteiger charge is -2.24. The van der Waals surface area contributed by atoms with Gasteiger partial charge in [0.2, 0.25) is 0 Å². The molecular weight excluding hydrogens is 504 g/mol. The van der Waals surface area contributed by atoms with Crippen LogP contribution in [0.3, 0.4) is 0 Å². The predicted molar refractivity (Wildman–Crippen MR) is 143 cm³/mol. The minimum Gasteiger partial charge on any atom is -0.444 e. The molecule has 10 nitrogen and oxygen atoms in total. The minimum absolute atomic E-state index is 0.145. The Balaban J connectivity index is 1.64. The highest BCUT2D eigenvalue weighted by atomic mass is 32.2. The molecule has 5 rings (SSSR count). The van der Waals surface area contributed by atoms with Gasteiger partial charge < -0.3 is 9.64 Å². The molecule has 5 aromatic rings. The number of pyridine rings is 1. The second-order valence-corrected chi connectivity index (χ2v) is 11.7. The van der Waals surface area contributed by atoms with Gasteiger partial charge in [0.15, 0.2) is 5.65 Å². The Bertz CT molecular complexity index is 1740. The van der Waals surface area contributed by atoms with Crippen molar-refractivity contribution in [3.63, 3.8) is 0 Å². The largest absolute Gasteiger partial charge is 0.444 e. The van der Waals surface area contributed by atoms with E-state index >= 15 is 0 Å². The second kappa shape index (κ2) is 9.56. The van der Waals surface area contributed by atoms with E-state index in [-0.39, 0.29) is 17.9 Å². The maximum absolute atomic E-state index is 13.9. The Morgan fingerprint density at radius 1 is 1.00 bits per heavy atom. The number of ether oxygens (including phenoxy) is 1. The van der Waals surface area contributed by atoms with Gasteiger partial charge >= 0.3 is 6.09 Å². The molecule has 0 aliphatic rings. The molecular formula is C27H28N6O4S. The molecule has 0 fully saturated rings. The summed E-state index contributed by atoms with van der Waals surface area (Å²) in [5.41, 5.74) is 2.51. The van der Waals surface area contributed by atoms with Gasteiger partial charge in [0.25, 0.3) is 10.0 Å². The lowest BCUT2D eigenvalue weighted by Crippen LogP contribution is -2.35. The van der Waals surface area contributed by atoms with Crippen LogP contribution in [0.4, 0.5) is 4.79 Å². The van der Waals surface area contributed by atoms with E-state index in [0.717, 1.165) is 16.6 Å². The number of rotatable bonds is 6. The van der Waals surface area contributed by atoms with E-state index in [1.165, 1.54) is 13.5 Å². The maximum atomic E-state index is 13.9. The van der Waals surface area contributed by atoms with Gasteiger partial charge in [-0.05, 0) is 62.7 Å². The van der Waals surface area contributed by atoms with Gasteiger partial charge in [-0.3, -0.25) is 0 Å². The summed E-state index contributed by atoms with van der Waals surface area (Å²) in [7, 11) is -2.36. The zero-order valence-corrected chi connectivity index (χ0v) is 22.4. The van der Waals surface area contributed by atoms with Crippen molar-refractivity contribution in [2.45, 2.75) is 37.7 Å². The first-order valence-corrected chi connectivity index (χ1v) is 13.5. The lowest BCUT2D eigenvalue weighted by atomic mass is 10.1. The molecule has 0 saturated carbocycles. The molecule has 0 aliphatic carbocycles. The molecule has 0 radical (unpaired) electrons. The topological polar surface area (TPSA) is 112 Å². The molecule has 0 spiro atoms. The van der Waals surface area contributed by atoms with Gasteiger partial charge in [-0.2, -0.15) is 14.8 Å². The summed E-state index contributed by atoms with van der Waals surface area (Å²) in [4.78, 5) is 18.6. The average molecular weight is 533 g/mol. The highest BCUT2D eigenvalue weighted by Gasteiger charge is 2.27. The molecule has 11 heteroatoms. The standard InChI is InChI=1S/C27H28N6O4S/c1-27(2,3)37-26(34)31(4)16-13-19-17-22-21(23-18-30-33-24(23)11-8-14-29-33)12-15-28-25(22)32(19)38(35,36)20-9-6-5-7-10-20/h5-12,14-15,17-18H,13,16H2,1-4H3. The van der Waals surface area contributed by atoms with Gasteiger partial charge in [-0.25, -0.2) is 22.2 Å². The van der Waals surface area contributed by atoms with Gasteiger partial charge in [0, 0.05) is 49.1 Å². The third kappa shape index (κ3) is 4.72. The Morgan fingerprint density at radius 3 is 2.50 bits per heavy atom. The number of benzene rings is 1. The molecule has 0 unspecified atom stereocenters. The number of nitrogens with zero attached hydrogens (tertiary/aromatic N) is 6. The van der Waals surface area contributed by atoms with Crippen molar-refractivity contribution in [2.24, 2.45) is 0 Å². The number of fused-ring (bicyclic) bond motifs is 2. The molecule has 196 valence electrons. The number of hydrogen-bond donors (Lipinski definition) is 0. The SMILES string of the molecule is CN(CCc1cc2c(-c3cnn4ncccc34)ccnc2n1S(=O)(=O)c1ccccc1)C(=O)OC(C)(C)C. The van der Waals surface area contributed by atoms with Crippen LogP contribution in [0.1, 0.15) is 26.5 Å². The van der Waals surface area contributed by atoms with Crippen LogP contribution in [0.25, 0.3) is 27.7 Å². The molecule has 0 N–H and O–H groups in total. The van der Waals surface area contributed by atoms with E-state index in [1.54, 1.807) is 76.7 Å². The minimum atomic E-state index is -3.99. The zero-order valence-electron chi connectivity index (χ0n) is 21.6. The number of amides is 1. The summed E-state index contributed by atoms with van der Waals surface area (Å²) < 4.78 is 36.0. The third-order valence-corrected chi connectivity index (χ3v) is 7.77.